The van der Waals surface area contributed by atoms with Crippen molar-refractivity contribution in [1.82, 2.24) is 5.32 Å². The molecule has 1 aliphatic carbocycles. The lowest BCUT2D eigenvalue weighted by Gasteiger charge is -2.25. The van der Waals surface area contributed by atoms with E-state index in [1.165, 1.54) is 18.6 Å². The van der Waals surface area contributed by atoms with Crippen LogP contribution < -0.4 is 10.6 Å². The third-order valence-electron chi connectivity index (χ3n) is 3.43. The SMILES string of the molecule is O=C(NCC1CCC1)Nc1cccc(S(=O)(=O)C(F)F)c1. The van der Waals surface area contributed by atoms with Crippen LogP contribution in [0.2, 0.25) is 0 Å². The Morgan fingerprint density at radius 1 is 1.33 bits per heavy atom. The molecule has 21 heavy (non-hydrogen) atoms. The van der Waals surface area contributed by atoms with E-state index >= 15 is 0 Å². The number of carbonyl (C=O) groups is 1. The highest BCUT2D eigenvalue weighted by molar-refractivity contribution is 7.91. The van der Waals surface area contributed by atoms with Crippen molar-refractivity contribution in [3.63, 3.8) is 0 Å². The molecule has 0 saturated heterocycles. The molecule has 2 rings (SSSR count). The van der Waals surface area contributed by atoms with Crippen LogP contribution in [-0.2, 0) is 9.84 Å². The van der Waals surface area contributed by atoms with E-state index in [1.807, 2.05) is 0 Å². The molecule has 1 aromatic carbocycles. The van der Waals surface area contributed by atoms with E-state index in [4.69, 9.17) is 0 Å². The Balaban J connectivity index is 1.98. The van der Waals surface area contributed by atoms with Crippen molar-refractivity contribution in [2.45, 2.75) is 29.9 Å². The summed E-state index contributed by atoms with van der Waals surface area (Å²) in [5.41, 5.74) is 0.155. The summed E-state index contributed by atoms with van der Waals surface area (Å²) >= 11 is 0. The Morgan fingerprint density at radius 2 is 2.05 bits per heavy atom. The Hall–Kier alpha value is -1.70. The van der Waals surface area contributed by atoms with Gasteiger partial charge in [0, 0.05) is 12.2 Å². The maximum Gasteiger partial charge on any atom is 0.341 e. The highest BCUT2D eigenvalue weighted by Crippen LogP contribution is 2.25. The number of halogens is 2. The smallest absolute Gasteiger partial charge is 0.338 e. The molecule has 2 N–H and O–H groups in total. The monoisotopic (exact) mass is 318 g/mol. The zero-order valence-corrected chi connectivity index (χ0v) is 12.0. The first kappa shape index (κ1) is 15.7. The van der Waals surface area contributed by atoms with Gasteiger partial charge in [-0.15, -0.1) is 0 Å². The standard InChI is InChI=1S/C13H16F2N2O3S/c14-12(15)21(19,20)11-6-2-5-10(7-11)17-13(18)16-8-9-3-1-4-9/h2,5-7,9,12H,1,3-4,8H2,(H2,16,17,18). The summed E-state index contributed by atoms with van der Waals surface area (Å²) in [6, 6.07) is 4.35. The molecule has 0 aliphatic heterocycles. The van der Waals surface area contributed by atoms with Crippen LogP contribution in [0.4, 0.5) is 19.3 Å². The van der Waals surface area contributed by atoms with Gasteiger partial charge in [-0.1, -0.05) is 12.5 Å². The summed E-state index contributed by atoms with van der Waals surface area (Å²) in [6.07, 6.45) is 3.34. The molecule has 0 heterocycles. The van der Waals surface area contributed by atoms with Crippen molar-refractivity contribution in [2.75, 3.05) is 11.9 Å². The normalized spacial score (nSPS) is 15.6. The second-order valence-electron chi connectivity index (χ2n) is 4.97. The number of urea groups is 1. The number of hydrogen-bond donors (Lipinski definition) is 2. The van der Waals surface area contributed by atoms with Gasteiger partial charge in [0.05, 0.1) is 4.90 Å². The van der Waals surface area contributed by atoms with E-state index in [9.17, 15) is 22.0 Å². The highest BCUT2D eigenvalue weighted by atomic mass is 32.2. The fraction of sp³-hybridized carbons (Fsp3) is 0.462. The first-order valence-electron chi connectivity index (χ1n) is 6.56. The minimum absolute atomic E-state index is 0.155. The van der Waals surface area contributed by atoms with Crippen LogP contribution in [0.25, 0.3) is 0 Å². The molecule has 1 fully saturated rings. The number of benzene rings is 1. The second kappa shape index (κ2) is 6.38. The molecule has 1 aliphatic rings. The van der Waals surface area contributed by atoms with Gasteiger partial charge in [0.15, 0.2) is 0 Å². The molecular formula is C13H16F2N2O3S. The second-order valence-corrected chi connectivity index (χ2v) is 6.88. The van der Waals surface area contributed by atoms with Crippen LogP contribution in [0.15, 0.2) is 29.2 Å². The van der Waals surface area contributed by atoms with Gasteiger partial charge in [-0.3, -0.25) is 0 Å². The Kier molecular flexibility index (Phi) is 4.76. The summed E-state index contributed by atoms with van der Waals surface area (Å²) < 4.78 is 47.6. The Morgan fingerprint density at radius 3 is 2.62 bits per heavy atom. The van der Waals surface area contributed by atoms with Gasteiger partial charge in [-0.25, -0.2) is 13.2 Å². The van der Waals surface area contributed by atoms with Gasteiger partial charge < -0.3 is 10.6 Å². The number of alkyl halides is 2. The van der Waals surface area contributed by atoms with E-state index in [0.29, 0.717) is 12.5 Å². The number of amides is 2. The molecule has 1 saturated carbocycles. The van der Waals surface area contributed by atoms with Gasteiger partial charge in [0.1, 0.15) is 0 Å². The highest BCUT2D eigenvalue weighted by Gasteiger charge is 2.26. The fourth-order valence-electron chi connectivity index (χ4n) is 1.96. The van der Waals surface area contributed by atoms with Gasteiger partial charge in [-0.05, 0) is 37.0 Å². The van der Waals surface area contributed by atoms with Crippen molar-refractivity contribution in [1.29, 1.82) is 0 Å². The summed E-state index contributed by atoms with van der Waals surface area (Å²) in [5.74, 6) is -3.00. The van der Waals surface area contributed by atoms with Crippen molar-refractivity contribution >= 4 is 21.6 Å². The number of sulfone groups is 1. The van der Waals surface area contributed by atoms with E-state index < -0.39 is 26.5 Å². The molecule has 0 spiro atoms. The number of nitrogens with one attached hydrogen (secondary N) is 2. The zero-order valence-electron chi connectivity index (χ0n) is 11.2. The van der Waals surface area contributed by atoms with Crippen molar-refractivity contribution < 1.29 is 22.0 Å². The lowest BCUT2D eigenvalue weighted by Crippen LogP contribution is -2.35. The third-order valence-corrected chi connectivity index (χ3v) is 4.81. The van der Waals surface area contributed by atoms with E-state index in [0.717, 1.165) is 25.0 Å². The van der Waals surface area contributed by atoms with Gasteiger partial charge in [0.25, 0.3) is 0 Å². The van der Waals surface area contributed by atoms with E-state index in [2.05, 4.69) is 10.6 Å². The predicted molar refractivity (Wildman–Crippen MR) is 74.0 cm³/mol. The number of anilines is 1. The van der Waals surface area contributed by atoms with Gasteiger partial charge in [-0.2, -0.15) is 8.78 Å². The molecule has 0 atom stereocenters. The zero-order chi connectivity index (χ0) is 15.5. The van der Waals surface area contributed by atoms with Crippen LogP contribution in [0.3, 0.4) is 0 Å². The average molecular weight is 318 g/mol. The number of hydrogen-bond acceptors (Lipinski definition) is 3. The van der Waals surface area contributed by atoms with Crippen LogP contribution in [0, 0.1) is 5.92 Å². The van der Waals surface area contributed by atoms with E-state index in [1.54, 1.807) is 0 Å². The molecule has 0 bridgehead atoms. The summed E-state index contributed by atoms with van der Waals surface area (Å²) in [7, 11) is -4.66. The fourth-order valence-corrected chi connectivity index (χ4v) is 2.73. The third kappa shape index (κ3) is 3.90. The first-order valence-corrected chi connectivity index (χ1v) is 8.11. The maximum absolute atomic E-state index is 12.5. The van der Waals surface area contributed by atoms with Crippen molar-refractivity contribution in [2.24, 2.45) is 5.92 Å². The van der Waals surface area contributed by atoms with Gasteiger partial charge in [0.2, 0.25) is 9.84 Å². The minimum atomic E-state index is -4.66. The van der Waals surface area contributed by atoms with Crippen LogP contribution >= 0.6 is 0 Å². The molecule has 0 radical (unpaired) electrons. The molecule has 5 nitrogen and oxygen atoms in total. The summed E-state index contributed by atoms with van der Waals surface area (Å²) in [5, 5.41) is 5.10. The predicted octanol–water partition coefficient (Wildman–Crippen LogP) is 2.60. The van der Waals surface area contributed by atoms with Crippen molar-refractivity contribution in [3.05, 3.63) is 24.3 Å². The molecule has 0 unspecified atom stereocenters. The Labute approximate surface area is 121 Å². The number of carbonyl (C=O) groups excluding carboxylic acids is 1. The molecule has 8 heteroatoms. The number of rotatable bonds is 5. The largest absolute Gasteiger partial charge is 0.341 e. The van der Waals surface area contributed by atoms with Crippen LogP contribution in [-0.4, -0.2) is 26.8 Å². The van der Waals surface area contributed by atoms with Gasteiger partial charge >= 0.3 is 11.8 Å². The molecule has 1 aromatic rings. The van der Waals surface area contributed by atoms with Crippen LogP contribution in [0.5, 0.6) is 0 Å². The molecule has 116 valence electrons. The Bertz CT molecular complexity index is 616. The lowest BCUT2D eigenvalue weighted by molar-refractivity contribution is 0.235. The summed E-state index contributed by atoms with van der Waals surface area (Å²) in [4.78, 5) is 11.1. The minimum Gasteiger partial charge on any atom is -0.338 e. The average Bonchev–Trinajstić information content (AvgIpc) is 2.37. The van der Waals surface area contributed by atoms with Crippen molar-refractivity contribution in [3.8, 4) is 0 Å². The van der Waals surface area contributed by atoms with E-state index in [-0.39, 0.29) is 5.69 Å². The van der Waals surface area contributed by atoms with Crippen LogP contribution in [0.1, 0.15) is 19.3 Å². The summed E-state index contributed by atoms with van der Waals surface area (Å²) in [6.45, 7) is 0.556. The lowest BCUT2D eigenvalue weighted by atomic mass is 9.85. The first-order chi connectivity index (χ1) is 9.89. The molecule has 0 aromatic heterocycles. The topological polar surface area (TPSA) is 75.3 Å². The molecule has 2 amide bonds. The molecular weight excluding hydrogens is 302 g/mol. The quantitative estimate of drug-likeness (QED) is 0.876. The maximum atomic E-state index is 12.5.